The predicted molar refractivity (Wildman–Crippen MR) is 64.1 cm³/mol. The standard InChI is InChI=1S/C13H9NTe/c1-2-7-12-10(5-1)9-13(15-12)11-6-3-4-8-14-11/h1-9H. The summed E-state index contributed by atoms with van der Waals surface area (Å²) in [6.07, 6.45) is 1.87. The van der Waals surface area contributed by atoms with Crippen LogP contribution in [0.2, 0.25) is 0 Å². The molecule has 0 bridgehead atoms. The summed E-state index contributed by atoms with van der Waals surface area (Å²) in [6.45, 7) is 0. The number of rotatable bonds is 1. The first kappa shape index (κ1) is 9.15. The molecular weight excluding hydrogens is 298 g/mol. The molecule has 0 atom stereocenters. The van der Waals surface area contributed by atoms with Crippen LogP contribution in [-0.2, 0) is 0 Å². The van der Waals surface area contributed by atoms with Gasteiger partial charge in [0.05, 0.1) is 0 Å². The topological polar surface area (TPSA) is 12.9 Å². The molecule has 2 heterocycles. The van der Waals surface area contributed by atoms with Gasteiger partial charge in [0.15, 0.2) is 0 Å². The summed E-state index contributed by atoms with van der Waals surface area (Å²) in [5.74, 6) is 0. The number of aromatic nitrogens is 1. The molecule has 0 N–H and O–H groups in total. The number of benzene rings is 1. The Morgan fingerprint density at radius 3 is 2.60 bits per heavy atom. The Labute approximate surface area is 98.0 Å². The molecule has 0 aliphatic carbocycles. The van der Waals surface area contributed by atoms with Gasteiger partial charge >= 0.3 is 98.2 Å². The van der Waals surface area contributed by atoms with Gasteiger partial charge in [0, 0.05) is 0 Å². The summed E-state index contributed by atoms with van der Waals surface area (Å²) in [6, 6.07) is 17.1. The second-order valence-corrected chi connectivity index (χ2v) is 6.46. The molecule has 3 rings (SSSR count). The van der Waals surface area contributed by atoms with Crippen LogP contribution in [0.5, 0.6) is 0 Å². The SMILES string of the molecule is c1ccc(-c2cc3ccccc3[te]2)nc1. The molecule has 0 aliphatic rings. The fraction of sp³-hybridized carbons (Fsp3) is 0. The number of hydrogen-bond acceptors (Lipinski definition) is 1. The van der Waals surface area contributed by atoms with Crippen LogP contribution in [0, 0.1) is 0 Å². The molecule has 0 saturated heterocycles. The van der Waals surface area contributed by atoms with E-state index < -0.39 is 0 Å². The van der Waals surface area contributed by atoms with E-state index in [0.29, 0.717) is 0 Å². The first-order chi connectivity index (χ1) is 7.43. The third-order valence-electron chi connectivity index (χ3n) is 2.34. The molecule has 0 spiro atoms. The third-order valence-corrected chi connectivity index (χ3v) is 5.59. The third kappa shape index (κ3) is 1.71. The summed E-state index contributed by atoms with van der Waals surface area (Å²) in [5, 5.41) is 1.39. The van der Waals surface area contributed by atoms with E-state index in [-0.39, 0.29) is 20.4 Å². The predicted octanol–water partition coefficient (Wildman–Crippen LogP) is 2.96. The molecule has 15 heavy (non-hydrogen) atoms. The molecule has 2 heteroatoms. The van der Waals surface area contributed by atoms with Crippen LogP contribution in [0.25, 0.3) is 18.1 Å². The Kier molecular flexibility index (Phi) is 2.32. The fourth-order valence-electron chi connectivity index (χ4n) is 1.62. The second kappa shape index (κ2) is 3.81. The van der Waals surface area contributed by atoms with E-state index in [1.807, 2.05) is 12.3 Å². The Balaban J connectivity index is 2.21. The van der Waals surface area contributed by atoms with Gasteiger partial charge in [-0.1, -0.05) is 0 Å². The van der Waals surface area contributed by atoms with Gasteiger partial charge in [-0.2, -0.15) is 0 Å². The average molecular weight is 307 g/mol. The molecular formula is C13H9NTe. The summed E-state index contributed by atoms with van der Waals surface area (Å²) < 4.78 is 2.98. The zero-order chi connectivity index (χ0) is 10.1. The van der Waals surface area contributed by atoms with Crippen LogP contribution >= 0.6 is 0 Å². The molecule has 1 aromatic carbocycles. The van der Waals surface area contributed by atoms with Crippen LogP contribution in [0.15, 0.2) is 54.7 Å². The van der Waals surface area contributed by atoms with Crippen molar-refractivity contribution in [2.75, 3.05) is 0 Å². The van der Waals surface area contributed by atoms with Crippen molar-refractivity contribution in [3.63, 3.8) is 0 Å². The maximum atomic E-state index is 4.41. The number of fused-ring (bicyclic) bond motifs is 1. The van der Waals surface area contributed by atoms with Crippen LogP contribution in [-0.4, -0.2) is 25.4 Å². The van der Waals surface area contributed by atoms with Gasteiger partial charge in [-0.15, -0.1) is 0 Å². The van der Waals surface area contributed by atoms with E-state index in [0.717, 1.165) is 5.69 Å². The molecule has 1 nitrogen and oxygen atoms in total. The number of nitrogens with zero attached hydrogens (tertiary/aromatic N) is 1. The quantitative estimate of drug-likeness (QED) is 0.630. The molecule has 0 saturated carbocycles. The molecule has 0 unspecified atom stereocenters. The van der Waals surface area contributed by atoms with Gasteiger partial charge < -0.3 is 0 Å². The average Bonchev–Trinajstić information content (AvgIpc) is 2.74. The maximum absolute atomic E-state index is 4.41. The first-order valence-electron chi connectivity index (χ1n) is 4.83. The van der Waals surface area contributed by atoms with Crippen molar-refractivity contribution in [2.45, 2.75) is 0 Å². The Morgan fingerprint density at radius 2 is 1.80 bits per heavy atom. The van der Waals surface area contributed by atoms with Crippen molar-refractivity contribution in [1.29, 1.82) is 0 Å². The van der Waals surface area contributed by atoms with Gasteiger partial charge in [0.25, 0.3) is 0 Å². The van der Waals surface area contributed by atoms with Crippen LogP contribution in [0.4, 0.5) is 0 Å². The zero-order valence-electron chi connectivity index (χ0n) is 8.05. The van der Waals surface area contributed by atoms with Crippen LogP contribution in [0.3, 0.4) is 0 Å². The second-order valence-electron chi connectivity index (χ2n) is 3.36. The molecule has 3 aromatic rings. The zero-order valence-corrected chi connectivity index (χ0v) is 10.4. The van der Waals surface area contributed by atoms with Crippen molar-refractivity contribution in [2.24, 2.45) is 0 Å². The van der Waals surface area contributed by atoms with Gasteiger partial charge in [-0.3, -0.25) is 0 Å². The van der Waals surface area contributed by atoms with Crippen molar-refractivity contribution in [3.05, 3.63) is 54.7 Å². The molecule has 0 amide bonds. The van der Waals surface area contributed by atoms with Crippen LogP contribution in [0.1, 0.15) is 0 Å². The van der Waals surface area contributed by atoms with Gasteiger partial charge in [0.2, 0.25) is 0 Å². The molecule has 72 valence electrons. The number of pyridine rings is 1. The van der Waals surface area contributed by atoms with Gasteiger partial charge in [-0.25, -0.2) is 0 Å². The Bertz CT molecular complexity index is 551. The fourth-order valence-corrected chi connectivity index (χ4v) is 4.58. The van der Waals surface area contributed by atoms with E-state index in [2.05, 4.69) is 47.4 Å². The van der Waals surface area contributed by atoms with E-state index in [1.54, 1.807) is 0 Å². The van der Waals surface area contributed by atoms with Crippen molar-refractivity contribution >= 4 is 29.2 Å². The minimum atomic E-state index is -0.211. The monoisotopic (exact) mass is 309 g/mol. The minimum absolute atomic E-state index is 0.211. The Hall–Kier alpha value is -1.10. The molecule has 0 radical (unpaired) electrons. The van der Waals surface area contributed by atoms with Gasteiger partial charge in [0.1, 0.15) is 0 Å². The van der Waals surface area contributed by atoms with E-state index >= 15 is 0 Å². The summed E-state index contributed by atoms with van der Waals surface area (Å²) in [5.41, 5.74) is 1.15. The van der Waals surface area contributed by atoms with E-state index in [4.69, 9.17) is 0 Å². The van der Waals surface area contributed by atoms with Gasteiger partial charge in [-0.05, 0) is 0 Å². The van der Waals surface area contributed by atoms with Crippen molar-refractivity contribution in [3.8, 4) is 9.27 Å². The molecule has 0 fully saturated rings. The van der Waals surface area contributed by atoms with Crippen molar-refractivity contribution in [1.82, 2.24) is 4.98 Å². The summed E-state index contributed by atoms with van der Waals surface area (Å²) in [4.78, 5) is 4.41. The summed E-state index contributed by atoms with van der Waals surface area (Å²) >= 11 is -0.211. The van der Waals surface area contributed by atoms with E-state index in [1.165, 1.54) is 12.4 Å². The molecule has 2 aromatic heterocycles. The normalized spacial score (nSPS) is 10.7. The van der Waals surface area contributed by atoms with Crippen molar-refractivity contribution < 1.29 is 0 Å². The van der Waals surface area contributed by atoms with E-state index in [9.17, 15) is 0 Å². The molecule has 0 aliphatic heterocycles. The van der Waals surface area contributed by atoms with Crippen LogP contribution < -0.4 is 0 Å². The summed E-state index contributed by atoms with van der Waals surface area (Å²) in [7, 11) is 0. The first-order valence-corrected chi connectivity index (χ1v) is 7.16. The number of hydrogen-bond donors (Lipinski definition) is 0. The Morgan fingerprint density at radius 1 is 0.933 bits per heavy atom.